The van der Waals surface area contributed by atoms with Crippen molar-refractivity contribution in [1.29, 1.82) is 0 Å². The maximum Gasteiger partial charge on any atom is 0.218 e. The minimum Gasteiger partial charge on any atom is -0.469 e. The van der Waals surface area contributed by atoms with Crippen LogP contribution >= 0.6 is 0 Å². The van der Waals surface area contributed by atoms with Crippen LogP contribution in [-0.2, 0) is 14.3 Å². The van der Waals surface area contributed by atoms with E-state index >= 15 is 0 Å². The second kappa shape index (κ2) is 4.32. The molecule has 2 fully saturated rings. The Morgan fingerprint density at radius 1 is 1.37 bits per heavy atom. The van der Waals surface area contributed by atoms with Gasteiger partial charge in [0.2, 0.25) is 5.79 Å². The van der Waals surface area contributed by atoms with E-state index in [1.807, 2.05) is 6.92 Å². The van der Waals surface area contributed by atoms with Crippen molar-refractivity contribution in [2.24, 2.45) is 23.7 Å². The third-order valence-corrected chi connectivity index (χ3v) is 5.32. The van der Waals surface area contributed by atoms with Crippen LogP contribution in [0.5, 0.6) is 0 Å². The summed E-state index contributed by atoms with van der Waals surface area (Å²) < 4.78 is 11.8. The van der Waals surface area contributed by atoms with E-state index in [1.165, 1.54) is 0 Å². The molecule has 1 saturated heterocycles. The molecule has 2 heterocycles. The number of aliphatic hydroxyl groups excluding tert-OH is 1. The number of carbonyl (C=O) groups is 1. The third kappa shape index (κ3) is 1.77. The molecule has 1 N–H and O–H groups in total. The van der Waals surface area contributed by atoms with Gasteiger partial charge in [0, 0.05) is 23.3 Å². The molecule has 106 valence electrons. The number of carbonyl (C=O) groups excluding carboxylic acids is 1. The van der Waals surface area contributed by atoms with Crippen LogP contribution in [0.3, 0.4) is 0 Å². The number of allylic oxidation sites excluding steroid dienone is 1. The summed E-state index contributed by atoms with van der Waals surface area (Å²) in [7, 11) is 0. The molecule has 0 aromatic carbocycles. The van der Waals surface area contributed by atoms with E-state index in [0.717, 1.165) is 18.4 Å². The van der Waals surface area contributed by atoms with Crippen molar-refractivity contribution in [3.05, 3.63) is 11.8 Å². The minimum atomic E-state index is -0.759. The average molecular weight is 266 g/mol. The van der Waals surface area contributed by atoms with Crippen molar-refractivity contribution >= 4 is 5.78 Å². The Bertz CT molecular complexity index is 430. The number of Topliss-reactive ketones (excluding diaryl/α,β-unsaturated/α-hetero) is 1. The topological polar surface area (TPSA) is 55.8 Å². The number of aliphatic hydroxyl groups is 1. The molecule has 6 atom stereocenters. The number of hydrogen-bond acceptors (Lipinski definition) is 4. The zero-order chi connectivity index (χ0) is 13.8. The summed E-state index contributed by atoms with van der Waals surface area (Å²) in [6, 6.07) is 0. The first-order valence-electron chi connectivity index (χ1n) is 7.19. The van der Waals surface area contributed by atoms with Gasteiger partial charge in [-0.3, -0.25) is 4.79 Å². The zero-order valence-electron chi connectivity index (χ0n) is 11.8. The lowest BCUT2D eigenvalue weighted by molar-refractivity contribution is -0.298. The predicted molar refractivity (Wildman–Crippen MR) is 68.8 cm³/mol. The Balaban J connectivity index is 1.98. The summed E-state index contributed by atoms with van der Waals surface area (Å²) in [4.78, 5) is 11.6. The fourth-order valence-electron chi connectivity index (χ4n) is 4.04. The zero-order valence-corrected chi connectivity index (χ0v) is 11.8. The second-order valence-electron chi connectivity index (χ2n) is 6.38. The Labute approximate surface area is 113 Å². The van der Waals surface area contributed by atoms with E-state index in [0.29, 0.717) is 12.3 Å². The molecular formula is C15H22O4. The standard InChI is InChI=1S/C15H22O4/c1-8-4-5-12-9(2)14(17)19-15(12)13(8)6-11(7-18-15)10(3)16/h7-9,12-14,17H,4-6H2,1-3H3/t8-,9-,12+,13+,14?,15-/m1/s1. The quantitative estimate of drug-likeness (QED) is 0.790. The van der Waals surface area contributed by atoms with Crippen LogP contribution in [0.15, 0.2) is 11.8 Å². The Morgan fingerprint density at radius 3 is 2.79 bits per heavy atom. The van der Waals surface area contributed by atoms with Gasteiger partial charge in [0.25, 0.3) is 0 Å². The van der Waals surface area contributed by atoms with E-state index in [1.54, 1.807) is 13.2 Å². The smallest absolute Gasteiger partial charge is 0.218 e. The van der Waals surface area contributed by atoms with E-state index in [2.05, 4.69) is 6.92 Å². The Hall–Kier alpha value is -0.870. The molecule has 19 heavy (non-hydrogen) atoms. The summed E-state index contributed by atoms with van der Waals surface area (Å²) in [5.41, 5.74) is 0.737. The minimum absolute atomic E-state index is 0.0655. The van der Waals surface area contributed by atoms with Crippen molar-refractivity contribution in [2.45, 2.75) is 52.1 Å². The van der Waals surface area contributed by atoms with Gasteiger partial charge in [0.1, 0.15) is 0 Å². The van der Waals surface area contributed by atoms with Crippen LogP contribution in [0.2, 0.25) is 0 Å². The molecule has 0 aromatic heterocycles. The third-order valence-electron chi connectivity index (χ3n) is 5.32. The molecule has 4 nitrogen and oxygen atoms in total. The maximum absolute atomic E-state index is 11.6. The van der Waals surface area contributed by atoms with Crippen molar-refractivity contribution < 1.29 is 19.4 Å². The molecule has 1 aliphatic carbocycles. The molecule has 2 aliphatic heterocycles. The van der Waals surface area contributed by atoms with Gasteiger partial charge in [-0.25, -0.2) is 0 Å². The van der Waals surface area contributed by atoms with Crippen molar-refractivity contribution in [2.75, 3.05) is 0 Å². The molecule has 4 heteroatoms. The number of ketones is 1. The predicted octanol–water partition coefficient (Wildman–Crippen LogP) is 2.22. The van der Waals surface area contributed by atoms with Crippen LogP contribution in [-0.4, -0.2) is 23.0 Å². The van der Waals surface area contributed by atoms with E-state index in [4.69, 9.17) is 9.47 Å². The lowest BCUT2D eigenvalue weighted by atomic mass is 9.65. The van der Waals surface area contributed by atoms with E-state index in [9.17, 15) is 9.90 Å². The summed E-state index contributed by atoms with van der Waals surface area (Å²) >= 11 is 0. The lowest BCUT2D eigenvalue weighted by Gasteiger charge is -2.49. The highest BCUT2D eigenvalue weighted by Crippen LogP contribution is 2.57. The average Bonchev–Trinajstić information content (AvgIpc) is 2.61. The van der Waals surface area contributed by atoms with Crippen molar-refractivity contribution in [1.82, 2.24) is 0 Å². The van der Waals surface area contributed by atoms with Crippen LogP contribution < -0.4 is 0 Å². The fourth-order valence-corrected chi connectivity index (χ4v) is 4.04. The SMILES string of the molecule is CC(=O)C1=CO[C@@]23OC(O)[C@H](C)[C@@H]2CC[C@@H](C)[C@@H]3C1. The number of ether oxygens (including phenoxy) is 2. The molecule has 1 unspecified atom stereocenters. The molecule has 3 aliphatic rings. The summed E-state index contributed by atoms with van der Waals surface area (Å²) in [6.45, 7) is 5.78. The summed E-state index contributed by atoms with van der Waals surface area (Å²) in [5.74, 6) is 0.258. The van der Waals surface area contributed by atoms with Gasteiger partial charge < -0.3 is 14.6 Å². The molecule has 0 radical (unpaired) electrons. The first-order chi connectivity index (χ1) is 8.95. The van der Waals surface area contributed by atoms with Crippen molar-refractivity contribution in [3.63, 3.8) is 0 Å². The molecule has 0 bridgehead atoms. The summed E-state index contributed by atoms with van der Waals surface area (Å²) in [5, 5.41) is 10.0. The highest BCUT2D eigenvalue weighted by molar-refractivity contribution is 5.93. The van der Waals surface area contributed by atoms with Crippen molar-refractivity contribution in [3.8, 4) is 0 Å². The first kappa shape index (κ1) is 13.1. The van der Waals surface area contributed by atoms with Gasteiger partial charge in [0.05, 0.1) is 6.26 Å². The fraction of sp³-hybridized carbons (Fsp3) is 0.800. The summed E-state index contributed by atoms with van der Waals surface area (Å²) in [6.07, 6.45) is 3.62. The normalized spacial score (nSPS) is 48.8. The van der Waals surface area contributed by atoms with E-state index < -0.39 is 12.1 Å². The van der Waals surface area contributed by atoms with Crippen LogP contribution in [0, 0.1) is 23.7 Å². The Kier molecular flexibility index (Phi) is 2.98. The molecule has 0 aromatic rings. The highest BCUT2D eigenvalue weighted by Gasteiger charge is 2.62. The highest BCUT2D eigenvalue weighted by atomic mass is 16.8. The second-order valence-corrected chi connectivity index (χ2v) is 6.38. The molecule has 1 saturated carbocycles. The Morgan fingerprint density at radius 2 is 2.11 bits per heavy atom. The number of hydrogen-bond donors (Lipinski definition) is 1. The van der Waals surface area contributed by atoms with E-state index in [-0.39, 0.29) is 23.5 Å². The van der Waals surface area contributed by atoms with Crippen LogP contribution in [0.25, 0.3) is 0 Å². The molecule has 3 rings (SSSR count). The maximum atomic E-state index is 11.6. The number of rotatable bonds is 1. The van der Waals surface area contributed by atoms with Gasteiger partial charge in [-0.2, -0.15) is 0 Å². The van der Waals surface area contributed by atoms with Gasteiger partial charge in [0.15, 0.2) is 12.1 Å². The van der Waals surface area contributed by atoms with Gasteiger partial charge in [-0.15, -0.1) is 0 Å². The largest absolute Gasteiger partial charge is 0.469 e. The molecular weight excluding hydrogens is 244 g/mol. The van der Waals surface area contributed by atoms with Gasteiger partial charge in [-0.05, 0) is 32.1 Å². The van der Waals surface area contributed by atoms with Gasteiger partial charge in [-0.1, -0.05) is 13.8 Å². The molecule has 1 spiro atoms. The van der Waals surface area contributed by atoms with Crippen LogP contribution in [0.4, 0.5) is 0 Å². The monoisotopic (exact) mass is 266 g/mol. The van der Waals surface area contributed by atoms with Gasteiger partial charge >= 0.3 is 0 Å². The first-order valence-corrected chi connectivity index (χ1v) is 7.19. The lowest BCUT2D eigenvalue weighted by Crippen LogP contribution is -2.53. The molecule has 0 amide bonds. The van der Waals surface area contributed by atoms with Crippen LogP contribution in [0.1, 0.15) is 40.0 Å².